The van der Waals surface area contributed by atoms with Gasteiger partial charge in [-0.2, -0.15) is 0 Å². The molecule has 1 amide bonds. The molecular formula is C21H28N6O5. The van der Waals surface area contributed by atoms with E-state index in [1.165, 1.54) is 10.9 Å². The van der Waals surface area contributed by atoms with Crippen molar-refractivity contribution in [2.75, 3.05) is 12.3 Å². The fourth-order valence-electron chi connectivity index (χ4n) is 4.37. The highest BCUT2D eigenvalue weighted by Crippen LogP contribution is 2.33. The van der Waals surface area contributed by atoms with E-state index in [4.69, 9.17) is 10.5 Å². The minimum absolute atomic E-state index is 0.0790. The molecule has 0 bridgehead atoms. The van der Waals surface area contributed by atoms with Crippen LogP contribution in [0.4, 0.5) is 5.82 Å². The van der Waals surface area contributed by atoms with Crippen molar-refractivity contribution in [1.82, 2.24) is 24.8 Å². The van der Waals surface area contributed by atoms with E-state index in [2.05, 4.69) is 39.0 Å². The highest BCUT2D eigenvalue weighted by molar-refractivity contribution is 5.83. The van der Waals surface area contributed by atoms with Crippen LogP contribution >= 0.6 is 0 Å². The summed E-state index contributed by atoms with van der Waals surface area (Å²) in [4.78, 5) is 24.9. The molecule has 1 saturated carbocycles. The van der Waals surface area contributed by atoms with E-state index < -0.39 is 36.0 Å². The van der Waals surface area contributed by atoms with E-state index in [0.717, 1.165) is 12.8 Å². The molecule has 2 fully saturated rings. The molecule has 2 aromatic rings. The van der Waals surface area contributed by atoms with Crippen LogP contribution in [0, 0.1) is 17.8 Å². The summed E-state index contributed by atoms with van der Waals surface area (Å²) in [7, 11) is 0. The number of nitrogens with one attached hydrogen (secondary N) is 1. The van der Waals surface area contributed by atoms with Gasteiger partial charge in [0, 0.05) is 6.54 Å². The van der Waals surface area contributed by atoms with Crippen LogP contribution in [0.3, 0.4) is 0 Å². The zero-order chi connectivity index (χ0) is 23.0. The van der Waals surface area contributed by atoms with Crippen LogP contribution in [0.25, 0.3) is 11.2 Å². The van der Waals surface area contributed by atoms with Gasteiger partial charge in [0.2, 0.25) is 5.82 Å². The van der Waals surface area contributed by atoms with E-state index in [1.54, 1.807) is 6.92 Å². The van der Waals surface area contributed by atoms with Gasteiger partial charge >= 0.3 is 0 Å². The molecule has 0 spiro atoms. The molecule has 32 heavy (non-hydrogen) atoms. The number of nitrogen functional groups attached to an aromatic ring is 1. The number of rotatable bonds is 3. The Labute approximate surface area is 185 Å². The van der Waals surface area contributed by atoms with Gasteiger partial charge in [0.1, 0.15) is 23.3 Å². The number of hydrogen-bond donors (Lipinski definition) is 5. The van der Waals surface area contributed by atoms with Crippen molar-refractivity contribution in [1.29, 1.82) is 0 Å². The highest BCUT2D eigenvalue weighted by atomic mass is 16.6. The fourth-order valence-corrected chi connectivity index (χ4v) is 4.37. The first-order valence-corrected chi connectivity index (χ1v) is 10.8. The van der Waals surface area contributed by atoms with Crippen LogP contribution in [0.5, 0.6) is 0 Å². The normalized spacial score (nSPS) is 32.5. The Balaban J connectivity index is 1.66. The second-order valence-corrected chi connectivity index (χ2v) is 8.56. The molecule has 11 nitrogen and oxygen atoms in total. The van der Waals surface area contributed by atoms with Crippen molar-refractivity contribution in [2.45, 2.75) is 69.7 Å². The van der Waals surface area contributed by atoms with Gasteiger partial charge in [0.05, 0.1) is 6.33 Å². The lowest BCUT2D eigenvalue weighted by Gasteiger charge is -2.30. The number of imidazole rings is 1. The number of aliphatic hydroxyl groups is 3. The molecule has 11 heteroatoms. The molecule has 6 N–H and O–H groups in total. The van der Waals surface area contributed by atoms with E-state index >= 15 is 0 Å². The molecule has 1 unspecified atom stereocenters. The molecule has 0 radical (unpaired) electrons. The summed E-state index contributed by atoms with van der Waals surface area (Å²) in [5.41, 5.74) is 5.44. The number of anilines is 1. The molecule has 3 heterocycles. The standard InChI is InChI=1S/C21H28N6O5/c1-3-23-19(30)16-14(28)15(29)20(32-16)27-10-24-13-17(22)25-12(26-18(13)27)6-8-21(31)7-4-5-11(2)9-21/h10-11,14-16,20,28-29,31H,3-5,7,9H2,1-2H3,(H,23,30)(H2,22,25,26)/t11-,14?,15+,16+,20-,21+/m1/s1. The largest absolute Gasteiger partial charge is 0.387 e. The third-order valence-corrected chi connectivity index (χ3v) is 5.95. The van der Waals surface area contributed by atoms with Gasteiger partial charge < -0.3 is 31.1 Å². The predicted octanol–water partition coefficient (Wildman–Crippen LogP) is -0.543. The van der Waals surface area contributed by atoms with E-state index in [0.29, 0.717) is 25.3 Å². The first-order valence-electron chi connectivity index (χ1n) is 10.8. The number of amides is 1. The van der Waals surface area contributed by atoms with Gasteiger partial charge in [-0.05, 0) is 38.0 Å². The van der Waals surface area contributed by atoms with E-state index in [-0.39, 0.29) is 22.8 Å². The van der Waals surface area contributed by atoms with Crippen molar-refractivity contribution in [3.63, 3.8) is 0 Å². The highest BCUT2D eigenvalue weighted by Gasteiger charge is 2.47. The molecule has 172 valence electrons. The Kier molecular flexibility index (Phi) is 6.05. The molecule has 6 atom stereocenters. The van der Waals surface area contributed by atoms with Gasteiger partial charge in [0.25, 0.3) is 5.91 Å². The average Bonchev–Trinajstić information content (AvgIpc) is 3.28. The quantitative estimate of drug-likeness (QED) is 0.390. The lowest BCUT2D eigenvalue weighted by Crippen LogP contribution is -2.42. The van der Waals surface area contributed by atoms with Crippen molar-refractivity contribution < 1.29 is 24.9 Å². The summed E-state index contributed by atoms with van der Waals surface area (Å²) >= 11 is 0. The Hall–Kier alpha value is -2.78. The maximum Gasteiger partial charge on any atom is 0.252 e. The fraction of sp³-hybridized carbons (Fsp3) is 0.619. The Bertz CT molecular complexity index is 1080. The zero-order valence-electron chi connectivity index (χ0n) is 18.0. The summed E-state index contributed by atoms with van der Waals surface area (Å²) < 4.78 is 7.04. The summed E-state index contributed by atoms with van der Waals surface area (Å²) in [6.45, 7) is 4.18. The molecule has 1 aliphatic carbocycles. The van der Waals surface area contributed by atoms with Gasteiger partial charge in [0.15, 0.2) is 23.8 Å². The Morgan fingerprint density at radius 3 is 2.91 bits per heavy atom. The summed E-state index contributed by atoms with van der Waals surface area (Å²) in [5, 5.41) is 34.1. The van der Waals surface area contributed by atoms with Gasteiger partial charge in [-0.25, -0.2) is 15.0 Å². The number of likely N-dealkylation sites (N-methyl/N-ethyl adjacent to an activating group) is 1. The number of nitrogens with zero attached hydrogens (tertiary/aromatic N) is 4. The number of aromatic nitrogens is 4. The van der Waals surface area contributed by atoms with Gasteiger partial charge in [-0.3, -0.25) is 9.36 Å². The van der Waals surface area contributed by atoms with Crippen LogP contribution in [0.1, 0.15) is 51.6 Å². The second kappa shape index (κ2) is 8.63. The molecule has 2 aromatic heterocycles. The maximum atomic E-state index is 12.2. The first-order chi connectivity index (χ1) is 15.2. The smallest absolute Gasteiger partial charge is 0.252 e. The third kappa shape index (κ3) is 4.14. The first kappa shape index (κ1) is 22.4. The number of carbonyl (C=O) groups excluding carboxylic acids is 1. The minimum Gasteiger partial charge on any atom is -0.387 e. The molecule has 0 aromatic carbocycles. The number of hydrogen-bond acceptors (Lipinski definition) is 9. The summed E-state index contributed by atoms with van der Waals surface area (Å²) in [6, 6.07) is 0. The van der Waals surface area contributed by atoms with Crippen LogP contribution in [0.15, 0.2) is 6.33 Å². The maximum absolute atomic E-state index is 12.2. The van der Waals surface area contributed by atoms with E-state index in [1.807, 2.05) is 0 Å². The second-order valence-electron chi connectivity index (χ2n) is 8.56. The van der Waals surface area contributed by atoms with Crippen LogP contribution in [0.2, 0.25) is 0 Å². The lowest BCUT2D eigenvalue weighted by atomic mass is 9.79. The summed E-state index contributed by atoms with van der Waals surface area (Å²) in [5.74, 6) is 5.74. The number of nitrogens with two attached hydrogens (primary N) is 1. The number of carbonyl (C=O) groups is 1. The van der Waals surface area contributed by atoms with E-state index in [9.17, 15) is 20.1 Å². The van der Waals surface area contributed by atoms with Crippen molar-refractivity contribution >= 4 is 22.9 Å². The Morgan fingerprint density at radius 1 is 1.41 bits per heavy atom. The topological polar surface area (TPSA) is 169 Å². The van der Waals surface area contributed by atoms with Crippen molar-refractivity contribution in [2.24, 2.45) is 5.92 Å². The average molecular weight is 444 g/mol. The predicted molar refractivity (Wildman–Crippen MR) is 114 cm³/mol. The number of ether oxygens (including phenoxy) is 1. The monoisotopic (exact) mass is 444 g/mol. The molecule has 4 rings (SSSR count). The van der Waals surface area contributed by atoms with Crippen LogP contribution in [-0.2, 0) is 9.53 Å². The SMILES string of the molecule is CCNC(=O)[C@H]1O[C@@H](n2cnc3c(N)nc(C#C[C@@]4(O)CCC[C@@H](C)C4)nc32)[C@@H](O)C1O. The molecular weight excluding hydrogens is 416 g/mol. The van der Waals surface area contributed by atoms with Crippen LogP contribution in [-0.4, -0.2) is 71.2 Å². The minimum atomic E-state index is -1.43. The molecule has 1 saturated heterocycles. The van der Waals surface area contributed by atoms with Crippen molar-refractivity contribution in [3.05, 3.63) is 12.2 Å². The number of fused-ring (bicyclic) bond motifs is 1. The third-order valence-electron chi connectivity index (χ3n) is 5.95. The summed E-state index contributed by atoms with van der Waals surface area (Å²) in [6.07, 6.45) is -0.699. The van der Waals surface area contributed by atoms with Gasteiger partial charge in [-0.15, -0.1) is 0 Å². The van der Waals surface area contributed by atoms with Gasteiger partial charge in [-0.1, -0.05) is 19.3 Å². The lowest BCUT2D eigenvalue weighted by molar-refractivity contribution is -0.137. The molecule has 1 aliphatic heterocycles. The Morgan fingerprint density at radius 2 is 2.19 bits per heavy atom. The van der Waals surface area contributed by atoms with Crippen molar-refractivity contribution in [3.8, 4) is 11.8 Å². The zero-order valence-corrected chi connectivity index (χ0v) is 18.0. The number of aliphatic hydroxyl groups excluding tert-OH is 2. The van der Waals surface area contributed by atoms with Crippen LogP contribution < -0.4 is 11.1 Å². The molecule has 2 aliphatic rings.